The Morgan fingerprint density at radius 1 is 1.17 bits per heavy atom. The number of hydrogen-bond acceptors (Lipinski definition) is 4. The summed E-state index contributed by atoms with van der Waals surface area (Å²) in [5, 5.41) is 10.1. The number of aliphatic hydroxyl groups is 1. The molecule has 0 saturated heterocycles. The molecule has 0 heterocycles. The fraction of sp³-hybridized carbons (Fsp3) is 0.550. The first-order valence-corrected chi connectivity index (χ1v) is 8.63. The quantitative estimate of drug-likeness (QED) is 0.407. The summed E-state index contributed by atoms with van der Waals surface area (Å²) in [6.07, 6.45) is 4.81. The van der Waals surface area contributed by atoms with E-state index in [2.05, 4.69) is 23.5 Å². The molecular formula is C20H28O4. The first kappa shape index (κ1) is 20.1. The molecule has 0 aliphatic rings. The van der Waals surface area contributed by atoms with E-state index in [1.807, 2.05) is 30.3 Å². The lowest BCUT2D eigenvalue weighted by Crippen LogP contribution is -2.16. The van der Waals surface area contributed by atoms with Crippen molar-refractivity contribution >= 4 is 6.16 Å². The van der Waals surface area contributed by atoms with Crippen LogP contribution in [0, 0.1) is 11.8 Å². The normalized spacial score (nSPS) is 12.6. The van der Waals surface area contributed by atoms with Gasteiger partial charge in [-0.25, -0.2) is 4.79 Å². The van der Waals surface area contributed by atoms with E-state index >= 15 is 0 Å². The van der Waals surface area contributed by atoms with Crippen molar-refractivity contribution in [3.8, 4) is 11.8 Å². The Morgan fingerprint density at radius 2 is 1.88 bits per heavy atom. The highest BCUT2D eigenvalue weighted by Crippen LogP contribution is 2.15. The molecule has 24 heavy (non-hydrogen) atoms. The van der Waals surface area contributed by atoms with Crippen LogP contribution >= 0.6 is 0 Å². The monoisotopic (exact) mass is 332 g/mol. The van der Waals surface area contributed by atoms with Gasteiger partial charge in [-0.2, -0.15) is 0 Å². The van der Waals surface area contributed by atoms with Crippen molar-refractivity contribution in [1.29, 1.82) is 0 Å². The highest BCUT2D eigenvalue weighted by Gasteiger charge is 2.12. The van der Waals surface area contributed by atoms with E-state index in [1.165, 1.54) is 26.4 Å². The predicted octanol–water partition coefficient (Wildman–Crippen LogP) is 4.63. The number of aliphatic hydroxyl groups excluding tert-OH is 1. The molecule has 0 amide bonds. The van der Waals surface area contributed by atoms with E-state index < -0.39 is 18.4 Å². The van der Waals surface area contributed by atoms with Crippen LogP contribution in [0.3, 0.4) is 0 Å². The number of carbonyl (C=O) groups excluding carboxylic acids is 1. The van der Waals surface area contributed by atoms with Gasteiger partial charge in [0.15, 0.2) is 6.10 Å². The maximum absolute atomic E-state index is 11.3. The lowest BCUT2D eigenvalue weighted by Gasteiger charge is -2.11. The lowest BCUT2D eigenvalue weighted by atomic mass is 10.1. The second-order valence-corrected chi connectivity index (χ2v) is 5.72. The highest BCUT2D eigenvalue weighted by molar-refractivity contribution is 5.60. The average Bonchev–Trinajstić information content (AvgIpc) is 2.61. The molecule has 0 aliphatic heterocycles. The summed E-state index contributed by atoms with van der Waals surface area (Å²) in [5.41, 5.74) is 0.830. The Kier molecular flexibility index (Phi) is 10.4. The molecule has 4 nitrogen and oxygen atoms in total. The van der Waals surface area contributed by atoms with Crippen molar-refractivity contribution in [2.75, 3.05) is 7.11 Å². The van der Waals surface area contributed by atoms with E-state index in [-0.39, 0.29) is 0 Å². The summed E-state index contributed by atoms with van der Waals surface area (Å²) in [4.78, 5) is 11.3. The largest absolute Gasteiger partial charge is 0.509 e. The van der Waals surface area contributed by atoms with Crippen LogP contribution in [0.15, 0.2) is 30.3 Å². The van der Waals surface area contributed by atoms with Gasteiger partial charge in [-0.1, -0.05) is 74.8 Å². The van der Waals surface area contributed by atoms with Crippen LogP contribution in [-0.4, -0.2) is 24.5 Å². The molecule has 0 saturated carbocycles. The number of ether oxygens (including phenoxy) is 2. The average molecular weight is 332 g/mol. The maximum atomic E-state index is 11.3. The summed E-state index contributed by atoms with van der Waals surface area (Å²) < 4.78 is 9.72. The highest BCUT2D eigenvalue weighted by atomic mass is 16.7. The van der Waals surface area contributed by atoms with E-state index in [0.29, 0.717) is 12.8 Å². The summed E-state index contributed by atoms with van der Waals surface area (Å²) in [7, 11) is 1.28. The van der Waals surface area contributed by atoms with E-state index in [1.54, 1.807) is 0 Å². The Labute approximate surface area is 145 Å². The lowest BCUT2D eigenvalue weighted by molar-refractivity contribution is 0.0521. The van der Waals surface area contributed by atoms with Gasteiger partial charge in [0.25, 0.3) is 0 Å². The van der Waals surface area contributed by atoms with Crippen LogP contribution in [-0.2, 0) is 9.47 Å². The molecule has 0 aromatic heterocycles. The van der Waals surface area contributed by atoms with E-state index in [9.17, 15) is 9.90 Å². The van der Waals surface area contributed by atoms with Crippen molar-refractivity contribution in [3.63, 3.8) is 0 Å². The van der Waals surface area contributed by atoms with Gasteiger partial charge in [-0.15, -0.1) is 0 Å². The van der Waals surface area contributed by atoms with Gasteiger partial charge >= 0.3 is 6.16 Å². The zero-order valence-electron chi connectivity index (χ0n) is 14.7. The number of carbonyl (C=O) groups is 1. The summed E-state index contributed by atoms with van der Waals surface area (Å²) in [5.74, 6) is 5.88. The number of methoxy groups -OCH3 is 1. The third-order valence-electron chi connectivity index (χ3n) is 3.72. The molecule has 1 aromatic carbocycles. The predicted molar refractivity (Wildman–Crippen MR) is 94.4 cm³/mol. The SMILES string of the molecule is CCCCCCCC(C#CCC(O)c1ccccc1)OC(=O)OC. The maximum Gasteiger partial charge on any atom is 0.509 e. The minimum atomic E-state index is -0.716. The van der Waals surface area contributed by atoms with Gasteiger partial charge in [-0.3, -0.25) is 0 Å². The Balaban J connectivity index is 2.49. The second kappa shape index (κ2) is 12.4. The third kappa shape index (κ3) is 8.59. The van der Waals surface area contributed by atoms with Crippen LogP contribution < -0.4 is 0 Å². The molecule has 0 spiro atoms. The van der Waals surface area contributed by atoms with E-state index in [4.69, 9.17) is 4.74 Å². The van der Waals surface area contributed by atoms with Crippen molar-refractivity contribution in [2.45, 2.75) is 64.1 Å². The molecular weight excluding hydrogens is 304 g/mol. The van der Waals surface area contributed by atoms with Crippen molar-refractivity contribution < 1.29 is 19.4 Å². The van der Waals surface area contributed by atoms with Crippen LogP contribution in [0.1, 0.15) is 63.5 Å². The minimum absolute atomic E-state index is 0.306. The van der Waals surface area contributed by atoms with Crippen molar-refractivity contribution in [1.82, 2.24) is 0 Å². The Morgan fingerprint density at radius 3 is 2.54 bits per heavy atom. The van der Waals surface area contributed by atoms with Crippen LogP contribution in [0.4, 0.5) is 4.79 Å². The molecule has 1 rings (SSSR count). The summed E-state index contributed by atoms with van der Waals surface area (Å²) >= 11 is 0. The smallest absolute Gasteiger partial charge is 0.438 e. The van der Waals surface area contributed by atoms with E-state index in [0.717, 1.165) is 18.4 Å². The van der Waals surface area contributed by atoms with Gasteiger partial charge in [0.1, 0.15) is 0 Å². The molecule has 2 atom stereocenters. The van der Waals surface area contributed by atoms with Crippen molar-refractivity contribution in [2.24, 2.45) is 0 Å². The van der Waals surface area contributed by atoms with Crippen LogP contribution in [0.2, 0.25) is 0 Å². The molecule has 4 heteroatoms. The third-order valence-corrected chi connectivity index (χ3v) is 3.72. The number of benzene rings is 1. The Bertz CT molecular complexity index is 515. The van der Waals surface area contributed by atoms with Gasteiger partial charge in [0.05, 0.1) is 13.2 Å². The fourth-order valence-corrected chi connectivity index (χ4v) is 2.32. The van der Waals surface area contributed by atoms with Gasteiger partial charge in [-0.05, 0) is 18.4 Å². The zero-order chi connectivity index (χ0) is 17.6. The fourth-order valence-electron chi connectivity index (χ4n) is 2.32. The molecule has 0 radical (unpaired) electrons. The number of unbranched alkanes of at least 4 members (excludes halogenated alkanes) is 4. The van der Waals surface area contributed by atoms with Gasteiger partial charge in [0.2, 0.25) is 0 Å². The Hall–Kier alpha value is -1.99. The molecule has 0 bridgehead atoms. The van der Waals surface area contributed by atoms with Crippen molar-refractivity contribution in [3.05, 3.63) is 35.9 Å². The molecule has 1 N–H and O–H groups in total. The standard InChI is InChI=1S/C20H28O4/c1-3-4-5-6-10-14-18(24-20(22)23-2)15-11-16-19(21)17-12-8-7-9-13-17/h7-9,12-13,18-19,21H,3-6,10,14,16H2,1-2H3. The minimum Gasteiger partial charge on any atom is -0.438 e. The number of hydrogen-bond donors (Lipinski definition) is 1. The summed E-state index contributed by atoms with van der Waals surface area (Å²) in [6, 6.07) is 9.39. The topological polar surface area (TPSA) is 55.8 Å². The molecule has 0 fully saturated rings. The second-order valence-electron chi connectivity index (χ2n) is 5.72. The number of rotatable bonds is 9. The van der Waals surface area contributed by atoms with Crippen LogP contribution in [0.5, 0.6) is 0 Å². The van der Waals surface area contributed by atoms with Gasteiger partial charge in [0, 0.05) is 6.42 Å². The first-order chi connectivity index (χ1) is 11.7. The molecule has 1 aromatic rings. The molecule has 132 valence electrons. The first-order valence-electron chi connectivity index (χ1n) is 8.63. The van der Waals surface area contributed by atoms with Crippen LogP contribution in [0.25, 0.3) is 0 Å². The molecule has 2 unspecified atom stereocenters. The zero-order valence-corrected chi connectivity index (χ0v) is 14.7. The summed E-state index contributed by atoms with van der Waals surface area (Å²) in [6.45, 7) is 2.17. The van der Waals surface area contributed by atoms with Gasteiger partial charge < -0.3 is 14.6 Å². The molecule has 0 aliphatic carbocycles.